The van der Waals surface area contributed by atoms with Gasteiger partial charge in [0.1, 0.15) is 0 Å². The Bertz CT molecular complexity index is 1220. The van der Waals surface area contributed by atoms with Crippen LogP contribution in [-0.2, 0) is 0 Å². The Morgan fingerprint density at radius 2 is 1.76 bits per heavy atom. The molecule has 2 heterocycles. The van der Waals surface area contributed by atoms with Crippen molar-refractivity contribution in [3.8, 4) is 5.69 Å². The van der Waals surface area contributed by atoms with E-state index in [4.69, 9.17) is 0 Å². The summed E-state index contributed by atoms with van der Waals surface area (Å²) >= 11 is 0. The summed E-state index contributed by atoms with van der Waals surface area (Å²) in [5.74, 6) is 0. The van der Waals surface area contributed by atoms with Gasteiger partial charge in [0.2, 0.25) is 6.71 Å². The number of nitrogens with zero attached hydrogens (tertiary/aromatic N) is 1. The summed E-state index contributed by atoms with van der Waals surface area (Å²) in [7, 11) is 0. The summed E-state index contributed by atoms with van der Waals surface area (Å²) in [4.78, 5) is 0. The predicted molar refractivity (Wildman–Crippen MR) is 129 cm³/mol. The van der Waals surface area contributed by atoms with Gasteiger partial charge in [-0.2, -0.15) is 0 Å². The molecule has 0 atom stereocenters. The van der Waals surface area contributed by atoms with Crippen molar-refractivity contribution in [1.29, 1.82) is 0 Å². The van der Waals surface area contributed by atoms with E-state index in [-0.39, 0.29) is 6.71 Å². The highest BCUT2D eigenvalue weighted by Gasteiger charge is 2.36. The van der Waals surface area contributed by atoms with Gasteiger partial charge in [-0.3, -0.25) is 0 Å². The fourth-order valence-electron chi connectivity index (χ4n) is 4.63. The molecule has 1 aliphatic heterocycles. The number of allylic oxidation sites excluding steroid dienone is 7. The zero-order valence-corrected chi connectivity index (χ0v) is 17.4. The first-order valence-corrected chi connectivity index (χ1v) is 10.1. The van der Waals surface area contributed by atoms with Crippen molar-refractivity contribution in [2.75, 3.05) is 0 Å². The number of hydrogen-bond acceptors (Lipinski definition) is 0. The van der Waals surface area contributed by atoms with Crippen molar-refractivity contribution in [2.45, 2.75) is 20.8 Å². The minimum atomic E-state index is 0.133. The van der Waals surface area contributed by atoms with Crippen LogP contribution in [0.5, 0.6) is 0 Å². The van der Waals surface area contributed by atoms with E-state index in [1.807, 2.05) is 12.2 Å². The van der Waals surface area contributed by atoms with Crippen molar-refractivity contribution >= 4 is 28.6 Å². The fourth-order valence-corrected chi connectivity index (χ4v) is 4.63. The number of aryl methyl sites for hydroxylation is 1. The van der Waals surface area contributed by atoms with Crippen molar-refractivity contribution in [1.82, 2.24) is 4.57 Å². The fraction of sp³-hybridized carbons (Fsp3) is 0.111. The zero-order valence-electron chi connectivity index (χ0n) is 17.4. The van der Waals surface area contributed by atoms with Crippen LogP contribution in [0.1, 0.15) is 25.1 Å². The molecule has 4 rings (SSSR count). The summed E-state index contributed by atoms with van der Waals surface area (Å²) in [6.45, 7) is 14.7. The third-order valence-corrected chi connectivity index (χ3v) is 5.92. The van der Waals surface area contributed by atoms with Crippen molar-refractivity contribution < 1.29 is 0 Å². The summed E-state index contributed by atoms with van der Waals surface area (Å²) in [6.07, 6.45) is 10.4. The first kappa shape index (κ1) is 19.1. The van der Waals surface area contributed by atoms with E-state index in [1.165, 1.54) is 49.8 Å². The van der Waals surface area contributed by atoms with Crippen LogP contribution >= 0.6 is 0 Å². The van der Waals surface area contributed by atoms with E-state index < -0.39 is 0 Å². The van der Waals surface area contributed by atoms with Crippen molar-refractivity contribution in [3.05, 3.63) is 114 Å². The highest BCUT2D eigenvalue weighted by atomic mass is 15.0. The molecule has 0 saturated carbocycles. The number of para-hydroxylation sites is 2. The predicted octanol–water partition coefficient (Wildman–Crippen LogP) is 6.38. The van der Waals surface area contributed by atoms with Gasteiger partial charge >= 0.3 is 0 Å². The Morgan fingerprint density at radius 3 is 2.48 bits per heavy atom. The lowest BCUT2D eigenvalue weighted by Gasteiger charge is -2.31. The largest absolute Gasteiger partial charge is 0.311 e. The number of fused-ring (bicyclic) bond motifs is 5. The number of rotatable bonds is 4. The summed E-state index contributed by atoms with van der Waals surface area (Å²) in [6, 6.07) is 17.4. The van der Waals surface area contributed by atoms with E-state index in [0.29, 0.717) is 0 Å². The minimum Gasteiger partial charge on any atom is -0.311 e. The Hall–Kier alpha value is -3.26. The molecule has 1 nitrogen and oxygen atoms in total. The van der Waals surface area contributed by atoms with E-state index in [1.54, 1.807) is 0 Å². The summed E-state index contributed by atoms with van der Waals surface area (Å²) < 4.78 is 2.42. The van der Waals surface area contributed by atoms with Crippen LogP contribution in [-0.4, -0.2) is 11.3 Å². The van der Waals surface area contributed by atoms with Crippen LogP contribution in [0.2, 0.25) is 0 Å². The van der Waals surface area contributed by atoms with E-state index in [9.17, 15) is 0 Å². The molecule has 0 saturated heterocycles. The lowest BCUT2D eigenvalue weighted by Crippen LogP contribution is -2.41. The molecule has 0 spiro atoms. The minimum absolute atomic E-state index is 0.133. The van der Waals surface area contributed by atoms with E-state index in [0.717, 1.165) is 0 Å². The third-order valence-electron chi connectivity index (χ3n) is 5.92. The highest BCUT2D eigenvalue weighted by Crippen LogP contribution is 2.39. The van der Waals surface area contributed by atoms with Crippen molar-refractivity contribution in [3.63, 3.8) is 0 Å². The lowest BCUT2D eigenvalue weighted by atomic mass is 9.33. The zero-order chi connectivity index (χ0) is 20.5. The first-order chi connectivity index (χ1) is 14.1. The van der Waals surface area contributed by atoms with Gasteiger partial charge in [-0.05, 0) is 49.4 Å². The van der Waals surface area contributed by atoms with Gasteiger partial charge < -0.3 is 4.57 Å². The topological polar surface area (TPSA) is 4.93 Å². The maximum atomic E-state index is 4.05. The molecule has 0 unspecified atom stereocenters. The monoisotopic (exact) mass is 375 g/mol. The molecule has 0 bridgehead atoms. The van der Waals surface area contributed by atoms with Crippen LogP contribution < -0.4 is 5.46 Å². The van der Waals surface area contributed by atoms with Crippen LogP contribution in [0.15, 0.2) is 103 Å². The molecule has 0 radical (unpaired) electrons. The Morgan fingerprint density at radius 1 is 1.03 bits per heavy atom. The highest BCUT2D eigenvalue weighted by molar-refractivity contribution is 6.97. The molecule has 3 aromatic rings. The normalized spacial score (nSPS) is 15.4. The van der Waals surface area contributed by atoms with E-state index >= 15 is 0 Å². The van der Waals surface area contributed by atoms with Gasteiger partial charge in [0.25, 0.3) is 0 Å². The second kappa shape index (κ2) is 7.64. The quantitative estimate of drug-likeness (QED) is 0.368. The molecule has 0 N–H and O–H groups in total. The second-order valence-electron chi connectivity index (χ2n) is 7.52. The number of benzene rings is 2. The molecular formula is C27H26BN. The summed E-state index contributed by atoms with van der Waals surface area (Å²) in [5, 5.41) is 1.30. The maximum absolute atomic E-state index is 4.05. The van der Waals surface area contributed by atoms with Gasteiger partial charge in [0.15, 0.2) is 0 Å². The molecule has 2 aromatic carbocycles. The van der Waals surface area contributed by atoms with Crippen LogP contribution in [0.25, 0.3) is 22.1 Å². The van der Waals surface area contributed by atoms with E-state index in [2.05, 4.69) is 105 Å². The molecule has 1 aliphatic rings. The molecule has 0 fully saturated rings. The number of aromatic nitrogens is 1. The summed E-state index contributed by atoms with van der Waals surface area (Å²) in [5.41, 5.74) is 10.1. The molecular weight excluding hydrogens is 349 g/mol. The van der Waals surface area contributed by atoms with Crippen LogP contribution in [0, 0.1) is 6.92 Å². The second-order valence-corrected chi connectivity index (χ2v) is 7.52. The van der Waals surface area contributed by atoms with Crippen LogP contribution in [0.4, 0.5) is 0 Å². The van der Waals surface area contributed by atoms with Crippen LogP contribution in [0.3, 0.4) is 0 Å². The Labute approximate surface area is 174 Å². The van der Waals surface area contributed by atoms with Gasteiger partial charge in [0.05, 0.1) is 5.52 Å². The molecule has 0 amide bonds. The Kier molecular flexibility index (Phi) is 5.02. The number of hydrogen-bond donors (Lipinski definition) is 0. The lowest BCUT2D eigenvalue weighted by molar-refractivity contribution is 1.09. The molecule has 2 heteroatoms. The average molecular weight is 375 g/mol. The Balaban J connectivity index is 2.18. The van der Waals surface area contributed by atoms with Gasteiger partial charge in [-0.15, -0.1) is 0 Å². The molecule has 0 aliphatic carbocycles. The standard InChI is InChI=1S/C27H26BN/c1-6-13-22(19(4)8-3)28-23-16-10-12-18-26(23)29-25-17-11-9-15-21(25)20(5)27(29)24(28)14-7-2/h6-18H,2-3H2,1,4-5H3/b13-6-,22-19+,24-14+. The SMILES string of the molecule is C=C/C=C1/B(C(/C=C\C)=C(\C)C=C)c2ccccc2-n2c1c(C)c1ccccc12. The first-order valence-electron chi connectivity index (χ1n) is 10.1. The van der Waals surface area contributed by atoms with Gasteiger partial charge in [0, 0.05) is 16.8 Å². The third kappa shape index (κ3) is 2.87. The maximum Gasteiger partial charge on any atom is 0.246 e. The molecule has 29 heavy (non-hydrogen) atoms. The smallest absolute Gasteiger partial charge is 0.246 e. The van der Waals surface area contributed by atoms with Gasteiger partial charge in [-0.1, -0.05) is 91.0 Å². The van der Waals surface area contributed by atoms with Gasteiger partial charge in [-0.25, -0.2) is 0 Å². The van der Waals surface area contributed by atoms with Crippen molar-refractivity contribution in [2.24, 2.45) is 0 Å². The average Bonchev–Trinajstić information content (AvgIpc) is 3.05. The molecule has 1 aromatic heterocycles. The molecule has 142 valence electrons.